The SMILES string of the molecule is Cc1ccc(OCc2cc3c(nn2)Oc2ccccc2O3)cn1. The minimum Gasteiger partial charge on any atom is -0.486 e. The predicted octanol–water partition coefficient (Wildman–Crippen LogP) is 3.66. The molecule has 0 unspecified atom stereocenters. The second-order valence-corrected chi connectivity index (χ2v) is 5.08. The third-order valence-electron chi connectivity index (χ3n) is 3.32. The van der Waals surface area contributed by atoms with Crippen molar-refractivity contribution in [2.75, 3.05) is 0 Å². The lowest BCUT2D eigenvalue weighted by atomic mass is 10.3. The molecule has 0 fully saturated rings. The molecule has 0 radical (unpaired) electrons. The molecule has 23 heavy (non-hydrogen) atoms. The molecular formula is C17H13N3O3. The van der Waals surface area contributed by atoms with Crippen LogP contribution in [0, 0.1) is 6.92 Å². The monoisotopic (exact) mass is 307 g/mol. The topological polar surface area (TPSA) is 66.4 Å². The summed E-state index contributed by atoms with van der Waals surface area (Å²) < 4.78 is 17.1. The summed E-state index contributed by atoms with van der Waals surface area (Å²) in [6.07, 6.45) is 1.68. The number of benzene rings is 1. The number of fused-ring (bicyclic) bond motifs is 2. The first-order chi connectivity index (χ1) is 11.3. The van der Waals surface area contributed by atoms with E-state index in [2.05, 4.69) is 15.2 Å². The Hall–Kier alpha value is -3.15. The van der Waals surface area contributed by atoms with Crippen LogP contribution in [0.15, 0.2) is 48.7 Å². The van der Waals surface area contributed by atoms with Crippen LogP contribution in [0.3, 0.4) is 0 Å². The molecule has 6 nitrogen and oxygen atoms in total. The van der Waals surface area contributed by atoms with E-state index < -0.39 is 0 Å². The largest absolute Gasteiger partial charge is 0.486 e. The molecule has 114 valence electrons. The lowest BCUT2D eigenvalue weighted by Crippen LogP contribution is -2.06. The van der Waals surface area contributed by atoms with Gasteiger partial charge >= 0.3 is 0 Å². The van der Waals surface area contributed by atoms with Crippen molar-refractivity contribution >= 4 is 0 Å². The maximum Gasteiger partial charge on any atom is 0.282 e. The van der Waals surface area contributed by atoms with Gasteiger partial charge in [0.05, 0.1) is 6.20 Å². The van der Waals surface area contributed by atoms with Crippen LogP contribution in [0.2, 0.25) is 0 Å². The van der Waals surface area contributed by atoms with Crippen LogP contribution >= 0.6 is 0 Å². The Morgan fingerprint density at radius 3 is 2.57 bits per heavy atom. The number of para-hydroxylation sites is 2. The number of hydrogen-bond acceptors (Lipinski definition) is 6. The molecule has 0 amide bonds. The number of pyridine rings is 1. The zero-order valence-corrected chi connectivity index (χ0v) is 12.4. The van der Waals surface area contributed by atoms with Gasteiger partial charge in [-0.1, -0.05) is 12.1 Å². The number of rotatable bonds is 3. The van der Waals surface area contributed by atoms with E-state index in [4.69, 9.17) is 14.2 Å². The Morgan fingerprint density at radius 1 is 0.957 bits per heavy atom. The van der Waals surface area contributed by atoms with Crippen LogP contribution in [0.1, 0.15) is 11.4 Å². The molecule has 3 heterocycles. The summed E-state index contributed by atoms with van der Waals surface area (Å²) in [7, 11) is 0. The van der Waals surface area contributed by atoms with Crippen molar-refractivity contribution < 1.29 is 14.2 Å². The molecule has 1 aliphatic heterocycles. The van der Waals surface area contributed by atoms with Crippen molar-refractivity contribution in [3.63, 3.8) is 0 Å². The van der Waals surface area contributed by atoms with Crippen LogP contribution in [0.5, 0.6) is 28.9 Å². The second-order valence-electron chi connectivity index (χ2n) is 5.08. The second kappa shape index (κ2) is 5.57. The number of hydrogen-bond donors (Lipinski definition) is 0. The molecule has 0 bridgehead atoms. The summed E-state index contributed by atoms with van der Waals surface area (Å²) in [5, 5.41) is 8.15. The Labute approximate surface area is 132 Å². The summed E-state index contributed by atoms with van der Waals surface area (Å²) in [4.78, 5) is 4.18. The third kappa shape index (κ3) is 2.78. The van der Waals surface area contributed by atoms with Crippen molar-refractivity contribution in [3.8, 4) is 28.9 Å². The van der Waals surface area contributed by atoms with Gasteiger partial charge in [0.25, 0.3) is 5.88 Å². The quantitative estimate of drug-likeness (QED) is 0.575. The Balaban J connectivity index is 1.51. The van der Waals surface area contributed by atoms with E-state index in [9.17, 15) is 0 Å². The van der Waals surface area contributed by atoms with Crippen LogP contribution < -0.4 is 14.2 Å². The summed E-state index contributed by atoms with van der Waals surface area (Å²) in [5.74, 6) is 2.84. The molecule has 1 aliphatic rings. The first kappa shape index (κ1) is 13.5. The minimum absolute atomic E-state index is 0.274. The highest BCUT2D eigenvalue weighted by molar-refractivity contribution is 5.51. The van der Waals surface area contributed by atoms with Gasteiger partial charge < -0.3 is 14.2 Å². The van der Waals surface area contributed by atoms with Crippen LogP contribution in [0.4, 0.5) is 0 Å². The van der Waals surface area contributed by atoms with E-state index in [1.54, 1.807) is 12.3 Å². The summed E-state index contributed by atoms with van der Waals surface area (Å²) in [5.41, 5.74) is 1.59. The molecule has 2 aromatic heterocycles. The Kier molecular flexibility index (Phi) is 3.27. The van der Waals surface area contributed by atoms with Crippen molar-refractivity contribution in [3.05, 3.63) is 60.0 Å². The van der Waals surface area contributed by atoms with E-state index in [0.717, 1.165) is 5.69 Å². The summed E-state index contributed by atoms with van der Waals surface area (Å²) in [6.45, 7) is 2.20. The zero-order valence-electron chi connectivity index (χ0n) is 12.4. The molecule has 0 N–H and O–H groups in total. The Morgan fingerprint density at radius 2 is 1.78 bits per heavy atom. The molecule has 0 saturated heterocycles. The first-order valence-corrected chi connectivity index (χ1v) is 7.15. The summed E-state index contributed by atoms with van der Waals surface area (Å²) in [6, 6.07) is 12.9. The molecule has 0 saturated carbocycles. The third-order valence-corrected chi connectivity index (χ3v) is 3.32. The fourth-order valence-corrected chi connectivity index (χ4v) is 2.15. The maximum absolute atomic E-state index is 5.79. The number of ether oxygens (including phenoxy) is 3. The Bertz CT molecular complexity index is 850. The van der Waals surface area contributed by atoms with Gasteiger partial charge in [-0.05, 0) is 31.2 Å². The molecule has 3 aromatic rings. The number of nitrogens with zero attached hydrogens (tertiary/aromatic N) is 3. The van der Waals surface area contributed by atoms with Crippen molar-refractivity contribution in [1.29, 1.82) is 0 Å². The van der Waals surface area contributed by atoms with Crippen LogP contribution in [-0.2, 0) is 6.61 Å². The minimum atomic E-state index is 0.274. The van der Waals surface area contributed by atoms with Crippen molar-refractivity contribution in [2.45, 2.75) is 13.5 Å². The smallest absolute Gasteiger partial charge is 0.282 e. The van der Waals surface area contributed by atoms with Gasteiger partial charge in [-0.2, -0.15) is 0 Å². The number of aromatic nitrogens is 3. The van der Waals surface area contributed by atoms with Gasteiger partial charge in [0.15, 0.2) is 17.2 Å². The number of aryl methyl sites for hydroxylation is 1. The van der Waals surface area contributed by atoms with E-state index in [0.29, 0.717) is 34.6 Å². The molecule has 0 aliphatic carbocycles. The maximum atomic E-state index is 5.79. The van der Waals surface area contributed by atoms with Crippen molar-refractivity contribution in [1.82, 2.24) is 15.2 Å². The molecule has 6 heteroatoms. The van der Waals surface area contributed by atoms with Gasteiger partial charge in [0, 0.05) is 11.8 Å². The van der Waals surface area contributed by atoms with E-state index in [1.165, 1.54) is 0 Å². The molecular weight excluding hydrogens is 294 g/mol. The first-order valence-electron chi connectivity index (χ1n) is 7.15. The molecule has 0 spiro atoms. The van der Waals surface area contributed by atoms with Gasteiger partial charge in [-0.15, -0.1) is 10.2 Å². The standard InChI is InChI=1S/C17H13N3O3/c1-11-6-7-13(9-18-11)21-10-12-8-16-17(20-19-12)23-15-5-3-2-4-14(15)22-16/h2-9H,10H2,1H3. The van der Waals surface area contributed by atoms with Crippen molar-refractivity contribution in [2.24, 2.45) is 0 Å². The average Bonchev–Trinajstić information content (AvgIpc) is 2.59. The highest BCUT2D eigenvalue weighted by Gasteiger charge is 2.20. The lowest BCUT2D eigenvalue weighted by molar-refractivity contribution is 0.292. The highest BCUT2D eigenvalue weighted by atomic mass is 16.6. The van der Waals surface area contributed by atoms with Gasteiger partial charge in [0.2, 0.25) is 0 Å². The normalized spacial score (nSPS) is 11.7. The molecule has 1 aromatic carbocycles. The fourth-order valence-electron chi connectivity index (χ4n) is 2.15. The van der Waals surface area contributed by atoms with E-state index in [1.807, 2.05) is 43.3 Å². The van der Waals surface area contributed by atoms with Crippen LogP contribution in [-0.4, -0.2) is 15.2 Å². The molecule has 0 atom stereocenters. The van der Waals surface area contributed by atoms with Crippen LogP contribution in [0.25, 0.3) is 0 Å². The van der Waals surface area contributed by atoms with Gasteiger partial charge in [0.1, 0.15) is 18.1 Å². The average molecular weight is 307 g/mol. The van der Waals surface area contributed by atoms with Gasteiger partial charge in [-0.25, -0.2) is 0 Å². The van der Waals surface area contributed by atoms with E-state index in [-0.39, 0.29) is 6.61 Å². The predicted molar refractivity (Wildman–Crippen MR) is 81.9 cm³/mol. The van der Waals surface area contributed by atoms with E-state index >= 15 is 0 Å². The highest BCUT2D eigenvalue weighted by Crippen LogP contribution is 2.43. The fraction of sp³-hybridized carbons (Fsp3) is 0.118. The molecule has 4 rings (SSSR count). The van der Waals surface area contributed by atoms with Gasteiger partial charge in [-0.3, -0.25) is 4.98 Å². The lowest BCUT2D eigenvalue weighted by Gasteiger charge is -2.19. The zero-order chi connectivity index (χ0) is 15.6. The summed E-state index contributed by atoms with van der Waals surface area (Å²) >= 11 is 0.